The predicted octanol–water partition coefficient (Wildman–Crippen LogP) is 2.81. The fourth-order valence-electron chi connectivity index (χ4n) is 1.93. The van der Waals surface area contributed by atoms with E-state index in [1.165, 1.54) is 0 Å². The number of hydrogen-bond donors (Lipinski definition) is 2. The Bertz CT molecular complexity index is 617. The van der Waals surface area contributed by atoms with Crippen LogP contribution in [-0.4, -0.2) is 17.6 Å². The molecule has 1 atom stereocenters. The summed E-state index contributed by atoms with van der Waals surface area (Å²) in [6.45, 7) is 3.50. The maximum absolute atomic E-state index is 11.9. The van der Waals surface area contributed by atoms with Crippen LogP contribution in [0.25, 0.3) is 0 Å². The van der Waals surface area contributed by atoms with E-state index in [-0.39, 0.29) is 18.9 Å². The van der Waals surface area contributed by atoms with Crippen LogP contribution >= 0.6 is 11.6 Å². The fraction of sp³-hybridized carbons (Fsp3) is 0.312. The molecule has 0 spiro atoms. The van der Waals surface area contributed by atoms with Crippen molar-refractivity contribution in [3.63, 3.8) is 0 Å². The normalized spacial score (nSPS) is 13.7. The highest BCUT2D eigenvalue weighted by Crippen LogP contribution is 2.22. The van der Waals surface area contributed by atoms with Gasteiger partial charge in [0.2, 0.25) is 5.91 Å². The number of amides is 1. The Hall–Kier alpha value is -1.78. The summed E-state index contributed by atoms with van der Waals surface area (Å²) < 4.78 is 5.40. The molecular weight excluding hydrogens is 290 g/mol. The molecule has 1 unspecified atom stereocenters. The molecule has 0 aliphatic carbocycles. The van der Waals surface area contributed by atoms with Gasteiger partial charge in [0, 0.05) is 5.02 Å². The highest BCUT2D eigenvalue weighted by atomic mass is 35.5. The van der Waals surface area contributed by atoms with E-state index >= 15 is 0 Å². The third-order valence-electron chi connectivity index (χ3n) is 3.18. The van der Waals surface area contributed by atoms with Crippen molar-refractivity contribution < 1.29 is 14.3 Å². The molecule has 0 aliphatic rings. The van der Waals surface area contributed by atoms with Gasteiger partial charge in [0.05, 0.1) is 13.0 Å². The Morgan fingerprint density at radius 3 is 2.52 bits per heavy atom. The first-order valence-electron chi connectivity index (χ1n) is 6.67. The van der Waals surface area contributed by atoms with Gasteiger partial charge in [0.1, 0.15) is 17.1 Å². The van der Waals surface area contributed by atoms with E-state index < -0.39 is 5.60 Å². The predicted molar refractivity (Wildman–Crippen MR) is 81.2 cm³/mol. The summed E-state index contributed by atoms with van der Waals surface area (Å²) in [6, 6.07) is 10.6. The van der Waals surface area contributed by atoms with Crippen molar-refractivity contribution in [1.29, 1.82) is 0 Å². The minimum atomic E-state index is -1.23. The molecule has 0 saturated heterocycles. The van der Waals surface area contributed by atoms with E-state index in [1.807, 2.05) is 0 Å². The van der Waals surface area contributed by atoms with E-state index in [0.717, 1.165) is 11.3 Å². The van der Waals surface area contributed by atoms with Gasteiger partial charge >= 0.3 is 0 Å². The van der Waals surface area contributed by atoms with Gasteiger partial charge in [-0.2, -0.15) is 0 Å². The summed E-state index contributed by atoms with van der Waals surface area (Å²) in [6.07, 6.45) is 0.241. The van der Waals surface area contributed by atoms with Crippen LogP contribution in [0, 0.1) is 6.92 Å². The van der Waals surface area contributed by atoms with Gasteiger partial charge in [-0.15, -0.1) is 0 Å². The minimum Gasteiger partial charge on any atom is -0.463 e. The first-order valence-corrected chi connectivity index (χ1v) is 7.05. The van der Waals surface area contributed by atoms with Crippen molar-refractivity contribution in [1.82, 2.24) is 5.32 Å². The van der Waals surface area contributed by atoms with Crippen molar-refractivity contribution in [3.8, 4) is 0 Å². The molecule has 0 fully saturated rings. The monoisotopic (exact) mass is 307 g/mol. The maximum Gasteiger partial charge on any atom is 0.224 e. The minimum absolute atomic E-state index is 0.0897. The summed E-state index contributed by atoms with van der Waals surface area (Å²) >= 11 is 5.79. The zero-order chi connectivity index (χ0) is 15.5. The number of carbonyl (C=O) groups excluding carboxylic acids is 1. The van der Waals surface area contributed by atoms with Crippen LogP contribution in [0.4, 0.5) is 0 Å². The SMILES string of the molecule is Cc1ccc(C(C)(O)CNC(=O)Cc2ccc(Cl)cc2)o1. The Morgan fingerprint density at radius 2 is 1.95 bits per heavy atom. The zero-order valence-corrected chi connectivity index (χ0v) is 12.8. The van der Waals surface area contributed by atoms with Gasteiger partial charge in [0.15, 0.2) is 0 Å². The Balaban J connectivity index is 1.90. The molecule has 2 rings (SSSR count). The van der Waals surface area contributed by atoms with E-state index in [0.29, 0.717) is 10.8 Å². The van der Waals surface area contributed by atoms with Gasteiger partial charge in [0.25, 0.3) is 0 Å². The van der Waals surface area contributed by atoms with Crippen molar-refractivity contribution in [3.05, 3.63) is 58.5 Å². The molecule has 5 heteroatoms. The topological polar surface area (TPSA) is 62.5 Å². The molecule has 2 aromatic rings. The lowest BCUT2D eigenvalue weighted by Gasteiger charge is -2.21. The van der Waals surface area contributed by atoms with Crippen LogP contribution in [-0.2, 0) is 16.8 Å². The van der Waals surface area contributed by atoms with Crippen molar-refractivity contribution in [2.45, 2.75) is 25.9 Å². The number of rotatable bonds is 5. The zero-order valence-electron chi connectivity index (χ0n) is 12.0. The van der Waals surface area contributed by atoms with Gasteiger partial charge in [-0.3, -0.25) is 4.79 Å². The van der Waals surface area contributed by atoms with Crippen LogP contribution in [0.2, 0.25) is 5.02 Å². The summed E-state index contributed by atoms with van der Waals surface area (Å²) in [5, 5.41) is 13.7. The smallest absolute Gasteiger partial charge is 0.224 e. The number of halogens is 1. The summed E-state index contributed by atoms with van der Waals surface area (Å²) in [7, 11) is 0. The number of nitrogens with one attached hydrogen (secondary N) is 1. The molecule has 21 heavy (non-hydrogen) atoms. The van der Waals surface area contributed by atoms with E-state index in [4.69, 9.17) is 16.0 Å². The maximum atomic E-state index is 11.9. The molecule has 4 nitrogen and oxygen atoms in total. The third-order valence-corrected chi connectivity index (χ3v) is 3.43. The van der Waals surface area contributed by atoms with Gasteiger partial charge in [-0.05, 0) is 43.7 Å². The number of furan rings is 1. The second kappa shape index (κ2) is 6.33. The van der Waals surface area contributed by atoms with Crippen molar-refractivity contribution >= 4 is 17.5 Å². The standard InChI is InChI=1S/C16H18ClNO3/c1-11-3-8-14(21-11)16(2,20)10-18-15(19)9-12-4-6-13(17)7-5-12/h3-8,20H,9-10H2,1-2H3,(H,18,19). The van der Waals surface area contributed by atoms with Crippen LogP contribution in [0.15, 0.2) is 40.8 Å². The average Bonchev–Trinajstić information content (AvgIpc) is 2.87. The van der Waals surface area contributed by atoms with Crippen molar-refractivity contribution in [2.24, 2.45) is 0 Å². The van der Waals surface area contributed by atoms with Gasteiger partial charge in [-0.1, -0.05) is 23.7 Å². The molecule has 0 bridgehead atoms. The first kappa shape index (κ1) is 15.6. The Morgan fingerprint density at radius 1 is 1.29 bits per heavy atom. The molecule has 2 N–H and O–H groups in total. The fourth-order valence-corrected chi connectivity index (χ4v) is 2.06. The molecule has 1 heterocycles. The average molecular weight is 308 g/mol. The number of aryl methyl sites for hydroxylation is 1. The lowest BCUT2D eigenvalue weighted by molar-refractivity contribution is -0.121. The summed E-state index contributed by atoms with van der Waals surface area (Å²) in [5.74, 6) is 0.991. The second-order valence-corrected chi connectivity index (χ2v) is 5.70. The number of aliphatic hydroxyl groups is 1. The molecule has 0 radical (unpaired) electrons. The lowest BCUT2D eigenvalue weighted by Crippen LogP contribution is -2.39. The number of benzene rings is 1. The molecule has 1 aromatic carbocycles. The van der Waals surface area contributed by atoms with E-state index in [2.05, 4.69) is 5.32 Å². The number of carbonyl (C=O) groups is 1. The van der Waals surface area contributed by atoms with E-state index in [9.17, 15) is 9.90 Å². The van der Waals surface area contributed by atoms with Gasteiger partial charge in [-0.25, -0.2) is 0 Å². The summed E-state index contributed by atoms with van der Waals surface area (Å²) in [5.41, 5.74) is -0.366. The third kappa shape index (κ3) is 4.34. The van der Waals surface area contributed by atoms with Crippen LogP contribution in [0.3, 0.4) is 0 Å². The van der Waals surface area contributed by atoms with Crippen LogP contribution < -0.4 is 5.32 Å². The quantitative estimate of drug-likeness (QED) is 0.893. The van der Waals surface area contributed by atoms with Crippen LogP contribution in [0.1, 0.15) is 24.0 Å². The number of hydrogen-bond acceptors (Lipinski definition) is 3. The molecular formula is C16H18ClNO3. The summed E-state index contributed by atoms with van der Waals surface area (Å²) in [4.78, 5) is 11.9. The molecule has 0 aliphatic heterocycles. The lowest BCUT2D eigenvalue weighted by atomic mass is 10.0. The van der Waals surface area contributed by atoms with Crippen molar-refractivity contribution in [2.75, 3.05) is 6.54 Å². The molecule has 112 valence electrons. The van der Waals surface area contributed by atoms with E-state index in [1.54, 1.807) is 50.2 Å². The van der Waals surface area contributed by atoms with Crippen LogP contribution in [0.5, 0.6) is 0 Å². The Kier molecular flexibility index (Phi) is 4.70. The highest BCUT2D eigenvalue weighted by Gasteiger charge is 2.27. The Labute approximate surface area is 128 Å². The van der Waals surface area contributed by atoms with Gasteiger partial charge < -0.3 is 14.8 Å². The first-order chi connectivity index (χ1) is 9.87. The molecule has 1 aromatic heterocycles. The molecule has 0 saturated carbocycles. The largest absolute Gasteiger partial charge is 0.463 e. The molecule has 1 amide bonds. The second-order valence-electron chi connectivity index (χ2n) is 5.26. The highest BCUT2D eigenvalue weighted by molar-refractivity contribution is 6.30.